The van der Waals surface area contributed by atoms with E-state index in [1.807, 2.05) is 6.92 Å². The van der Waals surface area contributed by atoms with Crippen molar-refractivity contribution in [3.05, 3.63) is 52.6 Å². The Kier molecular flexibility index (Phi) is 4.29. The maximum atomic E-state index is 12.6. The van der Waals surface area contributed by atoms with E-state index in [1.165, 1.54) is 18.2 Å². The van der Waals surface area contributed by atoms with Crippen LogP contribution in [0, 0.1) is 6.92 Å². The van der Waals surface area contributed by atoms with Crippen LogP contribution in [0.4, 0.5) is 10.6 Å². The molecule has 110 valence electrons. The van der Waals surface area contributed by atoms with Crippen LogP contribution in [-0.4, -0.2) is 19.4 Å². The first-order valence-corrected chi connectivity index (χ1v) is 8.09. The molecule has 1 heterocycles. The number of amides is 2. The Morgan fingerprint density at radius 3 is 2.33 bits per heavy atom. The van der Waals surface area contributed by atoms with E-state index < -0.39 is 16.1 Å². The van der Waals surface area contributed by atoms with Crippen LogP contribution in [0.2, 0.25) is 0 Å². The molecule has 0 spiro atoms. The summed E-state index contributed by atoms with van der Waals surface area (Å²) in [5.41, 5.74) is 6.13. The van der Waals surface area contributed by atoms with Gasteiger partial charge in [-0.25, -0.2) is 18.2 Å². The number of anilines is 1. The van der Waals surface area contributed by atoms with Crippen LogP contribution >= 0.6 is 15.9 Å². The zero-order valence-corrected chi connectivity index (χ0v) is 13.4. The van der Waals surface area contributed by atoms with Gasteiger partial charge in [-0.1, -0.05) is 23.8 Å². The van der Waals surface area contributed by atoms with E-state index in [4.69, 9.17) is 5.73 Å². The minimum absolute atomic E-state index is 0.0336. The molecule has 0 unspecified atom stereocenters. The molecule has 0 aliphatic carbocycles. The van der Waals surface area contributed by atoms with E-state index in [0.717, 1.165) is 5.56 Å². The van der Waals surface area contributed by atoms with Crippen LogP contribution < -0.4 is 10.0 Å². The molecule has 0 fully saturated rings. The van der Waals surface area contributed by atoms with Gasteiger partial charge in [0.1, 0.15) is 4.60 Å². The molecule has 2 rings (SSSR count). The molecule has 0 atom stereocenters. The van der Waals surface area contributed by atoms with Gasteiger partial charge >= 0.3 is 6.03 Å². The Hall–Kier alpha value is -1.93. The lowest BCUT2D eigenvalue weighted by Gasteiger charge is -2.19. The van der Waals surface area contributed by atoms with Crippen molar-refractivity contribution in [1.82, 2.24) is 4.98 Å². The molecule has 1 aromatic carbocycles. The van der Waals surface area contributed by atoms with Gasteiger partial charge in [-0.3, -0.25) is 0 Å². The molecule has 0 radical (unpaired) electrons. The lowest BCUT2D eigenvalue weighted by molar-refractivity contribution is 0.256. The lowest BCUT2D eigenvalue weighted by atomic mass is 10.2. The summed E-state index contributed by atoms with van der Waals surface area (Å²) >= 11 is 3.13. The largest absolute Gasteiger partial charge is 0.350 e. The molecule has 21 heavy (non-hydrogen) atoms. The quantitative estimate of drug-likeness (QED) is 0.840. The van der Waals surface area contributed by atoms with Crippen molar-refractivity contribution >= 4 is 37.8 Å². The second-order valence-electron chi connectivity index (χ2n) is 4.24. The Labute approximate surface area is 130 Å². The van der Waals surface area contributed by atoms with E-state index in [-0.39, 0.29) is 10.7 Å². The van der Waals surface area contributed by atoms with Crippen LogP contribution in [0.25, 0.3) is 0 Å². The third-order valence-corrected chi connectivity index (χ3v) is 4.83. The summed E-state index contributed by atoms with van der Waals surface area (Å²) in [6.45, 7) is 1.83. The van der Waals surface area contributed by atoms with E-state index in [1.54, 1.807) is 24.3 Å². The molecule has 6 nitrogen and oxygen atoms in total. The summed E-state index contributed by atoms with van der Waals surface area (Å²) in [4.78, 5) is 15.5. The van der Waals surface area contributed by atoms with Crippen molar-refractivity contribution in [1.29, 1.82) is 0 Å². The number of carbonyl (C=O) groups is 1. The monoisotopic (exact) mass is 369 g/mol. The third kappa shape index (κ3) is 3.22. The Morgan fingerprint density at radius 1 is 1.19 bits per heavy atom. The maximum absolute atomic E-state index is 12.6. The molecule has 2 aromatic rings. The van der Waals surface area contributed by atoms with Crippen molar-refractivity contribution in [3.63, 3.8) is 0 Å². The predicted molar refractivity (Wildman–Crippen MR) is 82.4 cm³/mol. The second kappa shape index (κ2) is 5.82. The molecule has 0 saturated carbocycles. The number of rotatable bonds is 3. The van der Waals surface area contributed by atoms with E-state index >= 15 is 0 Å². The van der Waals surface area contributed by atoms with Crippen LogP contribution in [0.1, 0.15) is 5.56 Å². The molecule has 0 bridgehead atoms. The molecule has 2 N–H and O–H groups in total. The molecule has 0 saturated heterocycles. The minimum atomic E-state index is -4.11. The highest BCUT2D eigenvalue weighted by Gasteiger charge is 2.30. The van der Waals surface area contributed by atoms with Crippen LogP contribution in [0.5, 0.6) is 0 Å². The minimum Gasteiger partial charge on any atom is -0.350 e. The molecule has 1 aromatic heterocycles. The highest BCUT2D eigenvalue weighted by atomic mass is 79.9. The van der Waals surface area contributed by atoms with E-state index in [0.29, 0.717) is 8.91 Å². The van der Waals surface area contributed by atoms with Gasteiger partial charge in [-0.15, -0.1) is 0 Å². The highest BCUT2D eigenvalue weighted by Crippen LogP contribution is 2.23. The Bertz CT molecular complexity index is 776. The van der Waals surface area contributed by atoms with Crippen molar-refractivity contribution in [3.8, 4) is 0 Å². The predicted octanol–water partition coefficient (Wildman–Crippen LogP) is 2.43. The summed E-state index contributed by atoms with van der Waals surface area (Å²) in [6.07, 6.45) is 0. The number of urea groups is 1. The standard InChI is InChI=1S/C13H12BrN3O3S/c1-9-5-7-10(8-6-9)21(19,20)17(13(15)18)12-4-2-3-11(14)16-12/h2-8H,1H3,(H2,15,18). The van der Waals surface area contributed by atoms with Crippen LogP contribution in [-0.2, 0) is 10.0 Å². The van der Waals surface area contributed by atoms with Gasteiger partial charge in [-0.05, 0) is 47.1 Å². The van der Waals surface area contributed by atoms with Gasteiger partial charge in [0.05, 0.1) is 4.90 Å². The van der Waals surface area contributed by atoms with Crippen molar-refractivity contribution in [2.45, 2.75) is 11.8 Å². The van der Waals surface area contributed by atoms with Gasteiger partial charge in [-0.2, -0.15) is 4.31 Å². The molecule has 8 heteroatoms. The summed E-state index contributed by atoms with van der Waals surface area (Å²) < 4.78 is 26.0. The van der Waals surface area contributed by atoms with E-state index in [2.05, 4.69) is 20.9 Å². The average molecular weight is 370 g/mol. The van der Waals surface area contributed by atoms with E-state index in [9.17, 15) is 13.2 Å². The van der Waals surface area contributed by atoms with Crippen molar-refractivity contribution in [2.75, 3.05) is 4.31 Å². The number of halogens is 1. The van der Waals surface area contributed by atoms with Crippen molar-refractivity contribution in [2.24, 2.45) is 5.73 Å². The summed E-state index contributed by atoms with van der Waals surface area (Å²) in [5, 5.41) is 0. The fourth-order valence-corrected chi connectivity index (χ4v) is 3.29. The number of primary amides is 1. The van der Waals surface area contributed by atoms with Gasteiger partial charge in [0.25, 0.3) is 10.0 Å². The second-order valence-corrected chi connectivity index (χ2v) is 6.84. The average Bonchev–Trinajstić information content (AvgIpc) is 2.38. The Morgan fingerprint density at radius 2 is 1.81 bits per heavy atom. The fourth-order valence-electron chi connectivity index (χ4n) is 1.68. The lowest BCUT2D eigenvalue weighted by Crippen LogP contribution is -2.41. The first-order chi connectivity index (χ1) is 9.82. The third-order valence-electron chi connectivity index (χ3n) is 2.67. The number of carbonyl (C=O) groups excluding carboxylic acids is 1. The number of pyridine rings is 1. The Balaban J connectivity index is 2.57. The zero-order chi connectivity index (χ0) is 15.6. The fraction of sp³-hybridized carbons (Fsp3) is 0.0769. The van der Waals surface area contributed by atoms with Gasteiger partial charge < -0.3 is 5.73 Å². The number of aryl methyl sites for hydroxylation is 1. The number of aromatic nitrogens is 1. The number of nitrogens with two attached hydrogens (primary N) is 1. The number of hydrogen-bond donors (Lipinski definition) is 1. The summed E-state index contributed by atoms with van der Waals surface area (Å²) in [6, 6.07) is 9.55. The van der Waals surface area contributed by atoms with Gasteiger partial charge in [0.15, 0.2) is 5.82 Å². The molecular formula is C13H12BrN3O3S. The first kappa shape index (κ1) is 15.5. The zero-order valence-electron chi connectivity index (χ0n) is 11.0. The topological polar surface area (TPSA) is 93.4 Å². The normalized spacial score (nSPS) is 11.1. The van der Waals surface area contributed by atoms with Crippen LogP contribution in [0.15, 0.2) is 52.0 Å². The number of hydrogen-bond acceptors (Lipinski definition) is 4. The summed E-state index contributed by atoms with van der Waals surface area (Å²) in [7, 11) is -4.11. The number of nitrogens with zero attached hydrogens (tertiary/aromatic N) is 2. The summed E-state index contributed by atoms with van der Waals surface area (Å²) in [5.74, 6) is -0.0718. The van der Waals surface area contributed by atoms with Crippen LogP contribution in [0.3, 0.4) is 0 Å². The number of sulfonamides is 1. The maximum Gasteiger partial charge on any atom is 0.334 e. The SMILES string of the molecule is Cc1ccc(S(=O)(=O)N(C(N)=O)c2cccc(Br)n2)cc1. The van der Waals surface area contributed by atoms with Crippen molar-refractivity contribution < 1.29 is 13.2 Å². The molecule has 2 amide bonds. The molecule has 0 aliphatic rings. The first-order valence-electron chi connectivity index (χ1n) is 5.86. The van der Waals surface area contributed by atoms with Gasteiger partial charge in [0, 0.05) is 0 Å². The van der Waals surface area contributed by atoms with Gasteiger partial charge in [0.2, 0.25) is 0 Å². The smallest absolute Gasteiger partial charge is 0.334 e. The molecular weight excluding hydrogens is 358 g/mol. The highest BCUT2D eigenvalue weighted by molar-refractivity contribution is 9.10. The number of benzene rings is 1. The molecule has 0 aliphatic heterocycles.